The van der Waals surface area contributed by atoms with Crippen LogP contribution in [0.5, 0.6) is 0 Å². The van der Waals surface area contributed by atoms with Crippen LogP contribution in [0.2, 0.25) is 0 Å². The van der Waals surface area contributed by atoms with Gasteiger partial charge >= 0.3 is 0 Å². The second-order valence-electron chi connectivity index (χ2n) is 4.48. The zero-order chi connectivity index (χ0) is 12.0. The molecule has 2 heteroatoms. The van der Waals surface area contributed by atoms with Gasteiger partial charge < -0.3 is 5.73 Å². The Hall–Kier alpha value is -1.15. The van der Waals surface area contributed by atoms with Gasteiger partial charge in [-0.25, -0.2) is 0 Å². The van der Waals surface area contributed by atoms with Crippen molar-refractivity contribution in [3.8, 4) is 0 Å². The van der Waals surface area contributed by atoms with Gasteiger partial charge in [-0.15, -0.1) is 0 Å². The van der Waals surface area contributed by atoms with Crippen molar-refractivity contribution in [2.75, 3.05) is 0 Å². The highest BCUT2D eigenvalue weighted by atomic mass is 16.1. The maximum atomic E-state index is 11.7. The molecule has 16 heavy (non-hydrogen) atoms. The van der Waals surface area contributed by atoms with Crippen molar-refractivity contribution in [2.24, 2.45) is 11.7 Å². The molecule has 0 saturated carbocycles. The minimum atomic E-state index is -0.155. The number of nitrogens with two attached hydrogens (primary N) is 1. The van der Waals surface area contributed by atoms with Gasteiger partial charge in [0.2, 0.25) is 0 Å². The number of benzene rings is 1. The summed E-state index contributed by atoms with van der Waals surface area (Å²) in [7, 11) is 0. The number of carbonyl (C=O) groups is 1. The van der Waals surface area contributed by atoms with E-state index in [0.29, 0.717) is 18.8 Å². The molecular weight excluding hydrogens is 198 g/mol. The van der Waals surface area contributed by atoms with Crippen LogP contribution in [-0.4, -0.2) is 5.78 Å². The lowest BCUT2D eigenvalue weighted by Crippen LogP contribution is -2.16. The number of carbonyl (C=O) groups excluding carboxylic acids is 1. The van der Waals surface area contributed by atoms with E-state index in [-0.39, 0.29) is 11.8 Å². The lowest BCUT2D eigenvalue weighted by molar-refractivity contribution is -0.120. The number of hydrogen-bond donors (Lipinski definition) is 1. The molecule has 2 nitrogen and oxygen atoms in total. The molecule has 2 atom stereocenters. The van der Waals surface area contributed by atoms with Gasteiger partial charge in [0.05, 0.1) is 0 Å². The minimum absolute atomic E-state index is 0.155. The molecular formula is C14H21NO. The van der Waals surface area contributed by atoms with E-state index in [1.165, 1.54) is 0 Å². The Kier molecular flexibility index (Phi) is 5.20. The minimum Gasteiger partial charge on any atom is -0.324 e. The normalized spacial score (nSPS) is 14.4. The molecule has 1 rings (SSSR count). The summed E-state index contributed by atoms with van der Waals surface area (Å²) in [5.74, 6) is 0.737. The van der Waals surface area contributed by atoms with Crippen LogP contribution >= 0.6 is 0 Å². The van der Waals surface area contributed by atoms with E-state index >= 15 is 0 Å². The van der Waals surface area contributed by atoms with Crippen LogP contribution in [0.1, 0.15) is 44.7 Å². The summed E-state index contributed by atoms with van der Waals surface area (Å²) in [5.41, 5.74) is 7.03. The molecule has 0 bridgehead atoms. The van der Waals surface area contributed by atoms with Crippen LogP contribution in [0.4, 0.5) is 0 Å². The molecule has 0 saturated heterocycles. The summed E-state index contributed by atoms with van der Waals surface area (Å²) < 4.78 is 0. The summed E-state index contributed by atoms with van der Waals surface area (Å²) >= 11 is 0. The number of hydrogen-bond acceptors (Lipinski definition) is 2. The highest BCUT2D eigenvalue weighted by molar-refractivity contribution is 5.79. The largest absolute Gasteiger partial charge is 0.324 e. The third-order valence-corrected chi connectivity index (χ3v) is 2.95. The predicted octanol–water partition coefficient (Wildman–Crippen LogP) is 3.08. The fraction of sp³-hybridized carbons (Fsp3) is 0.500. The number of rotatable bonds is 6. The Balaban J connectivity index is 2.46. The smallest absolute Gasteiger partial charge is 0.135 e. The summed E-state index contributed by atoms with van der Waals surface area (Å²) in [6, 6.07) is 9.65. The van der Waals surface area contributed by atoms with E-state index in [2.05, 4.69) is 13.8 Å². The molecule has 88 valence electrons. The van der Waals surface area contributed by atoms with Crippen LogP contribution in [-0.2, 0) is 4.79 Å². The molecule has 1 aromatic carbocycles. The molecule has 0 radical (unpaired) electrons. The molecule has 0 spiro atoms. The third kappa shape index (κ3) is 4.15. The van der Waals surface area contributed by atoms with E-state index in [4.69, 9.17) is 5.73 Å². The standard InChI is InChI=1S/C14H21NO/c1-3-11(2)9-13(16)10-14(15)12-7-5-4-6-8-12/h4-8,11,14H,3,9-10,15H2,1-2H3. The average molecular weight is 219 g/mol. The lowest BCUT2D eigenvalue weighted by atomic mass is 9.96. The van der Waals surface area contributed by atoms with Crippen molar-refractivity contribution >= 4 is 5.78 Å². The van der Waals surface area contributed by atoms with E-state index in [1.54, 1.807) is 0 Å². The zero-order valence-corrected chi connectivity index (χ0v) is 10.1. The quantitative estimate of drug-likeness (QED) is 0.799. The molecule has 0 heterocycles. The molecule has 2 unspecified atom stereocenters. The Morgan fingerprint density at radius 3 is 2.44 bits per heavy atom. The summed E-state index contributed by atoms with van der Waals surface area (Å²) in [6.07, 6.45) is 2.15. The molecule has 0 aromatic heterocycles. The molecule has 0 amide bonds. The van der Waals surface area contributed by atoms with Crippen molar-refractivity contribution in [3.63, 3.8) is 0 Å². The Morgan fingerprint density at radius 2 is 1.88 bits per heavy atom. The Labute approximate surface area is 97.9 Å². The van der Waals surface area contributed by atoms with Crippen molar-refractivity contribution in [3.05, 3.63) is 35.9 Å². The van der Waals surface area contributed by atoms with Crippen LogP contribution in [0.3, 0.4) is 0 Å². The van der Waals surface area contributed by atoms with Crippen LogP contribution in [0.15, 0.2) is 30.3 Å². The highest BCUT2D eigenvalue weighted by Gasteiger charge is 2.13. The second-order valence-corrected chi connectivity index (χ2v) is 4.48. The molecule has 1 aromatic rings. The van der Waals surface area contributed by atoms with Crippen LogP contribution in [0, 0.1) is 5.92 Å². The van der Waals surface area contributed by atoms with Crippen molar-refractivity contribution in [1.29, 1.82) is 0 Å². The molecule has 2 N–H and O–H groups in total. The monoisotopic (exact) mass is 219 g/mol. The molecule has 0 aliphatic rings. The first kappa shape index (κ1) is 12.9. The first-order valence-electron chi connectivity index (χ1n) is 5.95. The highest BCUT2D eigenvalue weighted by Crippen LogP contribution is 2.17. The van der Waals surface area contributed by atoms with Crippen LogP contribution in [0.25, 0.3) is 0 Å². The lowest BCUT2D eigenvalue weighted by Gasteiger charge is -2.12. The van der Waals surface area contributed by atoms with E-state index < -0.39 is 0 Å². The van der Waals surface area contributed by atoms with Gasteiger partial charge in [-0.1, -0.05) is 50.6 Å². The predicted molar refractivity (Wildman–Crippen MR) is 67.1 cm³/mol. The zero-order valence-electron chi connectivity index (χ0n) is 10.1. The fourth-order valence-corrected chi connectivity index (χ4v) is 1.68. The van der Waals surface area contributed by atoms with Gasteiger partial charge in [0, 0.05) is 18.9 Å². The first-order chi connectivity index (χ1) is 7.63. The summed E-state index contributed by atoms with van der Waals surface area (Å²) in [6.45, 7) is 4.21. The Bertz CT molecular complexity index is 321. The van der Waals surface area contributed by atoms with Crippen molar-refractivity contribution in [1.82, 2.24) is 0 Å². The number of ketones is 1. The average Bonchev–Trinajstić information content (AvgIpc) is 2.29. The van der Waals surface area contributed by atoms with Crippen molar-refractivity contribution in [2.45, 2.75) is 39.2 Å². The first-order valence-corrected chi connectivity index (χ1v) is 5.95. The molecule has 0 fully saturated rings. The molecule has 0 aliphatic carbocycles. The maximum absolute atomic E-state index is 11.7. The van der Waals surface area contributed by atoms with Gasteiger partial charge in [-0.3, -0.25) is 4.79 Å². The van der Waals surface area contributed by atoms with Crippen molar-refractivity contribution < 1.29 is 4.79 Å². The van der Waals surface area contributed by atoms with Gasteiger partial charge in [-0.05, 0) is 11.5 Å². The maximum Gasteiger partial charge on any atom is 0.135 e. The Morgan fingerprint density at radius 1 is 1.25 bits per heavy atom. The number of Topliss-reactive ketones (excluding diaryl/α,β-unsaturated/α-hetero) is 1. The van der Waals surface area contributed by atoms with Gasteiger partial charge in [0.15, 0.2) is 0 Å². The van der Waals surface area contributed by atoms with E-state index in [0.717, 1.165) is 12.0 Å². The fourth-order valence-electron chi connectivity index (χ4n) is 1.68. The molecule has 0 aliphatic heterocycles. The summed E-state index contributed by atoms with van der Waals surface area (Å²) in [4.78, 5) is 11.7. The van der Waals surface area contributed by atoms with Crippen LogP contribution < -0.4 is 5.73 Å². The van der Waals surface area contributed by atoms with Gasteiger partial charge in [0.1, 0.15) is 5.78 Å². The topological polar surface area (TPSA) is 43.1 Å². The van der Waals surface area contributed by atoms with Gasteiger partial charge in [0.25, 0.3) is 0 Å². The third-order valence-electron chi connectivity index (χ3n) is 2.95. The summed E-state index contributed by atoms with van der Waals surface area (Å²) in [5, 5.41) is 0. The second kappa shape index (κ2) is 6.44. The van der Waals surface area contributed by atoms with E-state index in [9.17, 15) is 4.79 Å². The SMILES string of the molecule is CCC(C)CC(=O)CC(N)c1ccccc1. The van der Waals surface area contributed by atoms with E-state index in [1.807, 2.05) is 30.3 Å². The van der Waals surface area contributed by atoms with Gasteiger partial charge in [-0.2, -0.15) is 0 Å².